The quantitative estimate of drug-likeness (QED) is 0.319. The number of hydrogen-bond acceptors (Lipinski definition) is 3. The molecule has 0 aromatic heterocycles. The van der Waals surface area contributed by atoms with Crippen LogP contribution in [0.3, 0.4) is 0 Å². The lowest BCUT2D eigenvalue weighted by atomic mass is 9.98. The number of aliphatic imine (C=N–C) groups is 1. The average molecular weight is 563 g/mol. The van der Waals surface area contributed by atoms with Crippen LogP contribution in [0, 0.1) is 6.92 Å². The Morgan fingerprint density at radius 2 is 1.69 bits per heavy atom. The standard InChI is InChI=1S/C18H18F3N3.C10H15N.C2H6.CH3Cl/c1-22-16-11-15(12-7-3-2-4-8-12)23-17(24-16)13-9-5-6-10-14(13)18(19,20)21;1-3-8-11-10-7-5-4-6-9(10)2;2*1-2/h2-3,5-7,9-11,17,23H,4,8H2,1H3,(H,22,24);4-7,11H,3,8H2,1-2H3;1-2H3;1H3. The number of nitrogens with one attached hydrogen (secondary N) is 3. The SMILES string of the molecule is CC.CCCNc1ccccc1C.CCl.CN=C1C=C(C2=CC=CCC2)NC(c2ccccc2C(F)(F)F)N1. The number of halogens is 4. The molecule has 0 amide bonds. The van der Waals surface area contributed by atoms with Gasteiger partial charge in [-0.05, 0) is 49.5 Å². The van der Waals surface area contributed by atoms with Gasteiger partial charge < -0.3 is 16.0 Å². The number of rotatable bonds is 5. The monoisotopic (exact) mass is 562 g/mol. The molecule has 1 heterocycles. The highest BCUT2D eigenvalue weighted by Crippen LogP contribution is 2.35. The van der Waals surface area contributed by atoms with Gasteiger partial charge in [0.2, 0.25) is 0 Å². The zero-order valence-corrected chi connectivity index (χ0v) is 24.5. The molecule has 2 aromatic carbocycles. The van der Waals surface area contributed by atoms with E-state index in [2.05, 4.69) is 76.7 Å². The van der Waals surface area contributed by atoms with E-state index in [1.807, 2.05) is 32.1 Å². The number of aryl methyl sites for hydroxylation is 1. The van der Waals surface area contributed by atoms with Gasteiger partial charge >= 0.3 is 6.18 Å². The van der Waals surface area contributed by atoms with Gasteiger partial charge in [-0.2, -0.15) is 13.2 Å². The third-order valence-corrected chi connectivity index (χ3v) is 5.76. The van der Waals surface area contributed by atoms with E-state index < -0.39 is 17.9 Å². The Morgan fingerprint density at radius 3 is 2.28 bits per heavy atom. The van der Waals surface area contributed by atoms with Gasteiger partial charge in [-0.3, -0.25) is 4.99 Å². The van der Waals surface area contributed by atoms with Gasteiger partial charge in [0.05, 0.1) is 5.56 Å². The summed E-state index contributed by atoms with van der Waals surface area (Å²) >= 11 is 4.64. The first-order chi connectivity index (χ1) is 18.8. The lowest BCUT2D eigenvalue weighted by Crippen LogP contribution is -2.43. The maximum Gasteiger partial charge on any atom is 0.416 e. The molecule has 4 rings (SSSR count). The summed E-state index contributed by atoms with van der Waals surface area (Å²) in [5, 5.41) is 9.56. The van der Waals surface area contributed by atoms with Gasteiger partial charge in [-0.15, -0.1) is 11.6 Å². The third kappa shape index (κ3) is 10.8. The van der Waals surface area contributed by atoms with Crippen LogP contribution in [0.1, 0.15) is 62.9 Å². The van der Waals surface area contributed by atoms with Gasteiger partial charge in [0.15, 0.2) is 0 Å². The van der Waals surface area contributed by atoms with Crippen molar-refractivity contribution < 1.29 is 13.2 Å². The molecule has 39 heavy (non-hydrogen) atoms. The van der Waals surface area contributed by atoms with Crippen LogP contribution in [0.25, 0.3) is 0 Å². The first kappa shape index (κ1) is 33.8. The third-order valence-electron chi connectivity index (χ3n) is 5.76. The zero-order chi connectivity index (χ0) is 29.3. The summed E-state index contributed by atoms with van der Waals surface area (Å²) in [5.74, 6) is 0.557. The molecular formula is C31H42ClF3N4. The highest BCUT2D eigenvalue weighted by molar-refractivity contribution is 6.15. The number of nitrogens with zero attached hydrogens (tertiary/aromatic N) is 1. The van der Waals surface area contributed by atoms with Crippen molar-refractivity contribution in [2.24, 2.45) is 4.99 Å². The molecule has 4 nitrogen and oxygen atoms in total. The summed E-state index contributed by atoms with van der Waals surface area (Å²) in [6.07, 6.45) is 7.16. The molecule has 0 bridgehead atoms. The smallest absolute Gasteiger partial charge is 0.385 e. The van der Waals surface area contributed by atoms with Crippen LogP contribution in [0.5, 0.6) is 0 Å². The lowest BCUT2D eigenvalue weighted by Gasteiger charge is -2.31. The fourth-order valence-electron chi connectivity index (χ4n) is 3.89. The second kappa shape index (κ2) is 18.2. The maximum atomic E-state index is 13.3. The molecule has 3 N–H and O–H groups in total. The van der Waals surface area contributed by atoms with Crippen LogP contribution in [-0.4, -0.2) is 25.8 Å². The summed E-state index contributed by atoms with van der Waals surface area (Å²) in [6, 6.07) is 14.0. The summed E-state index contributed by atoms with van der Waals surface area (Å²) in [7, 11) is 1.61. The normalized spacial score (nSPS) is 16.9. The number of alkyl halides is 4. The van der Waals surface area contributed by atoms with E-state index in [9.17, 15) is 13.2 Å². The van der Waals surface area contributed by atoms with E-state index in [1.165, 1.54) is 36.2 Å². The summed E-state index contributed by atoms with van der Waals surface area (Å²) in [5.41, 5.74) is 3.96. The van der Waals surface area contributed by atoms with E-state index in [-0.39, 0.29) is 5.56 Å². The van der Waals surface area contributed by atoms with Crippen molar-refractivity contribution in [3.05, 3.63) is 101 Å². The van der Waals surface area contributed by atoms with Crippen LogP contribution < -0.4 is 16.0 Å². The molecule has 8 heteroatoms. The predicted molar refractivity (Wildman–Crippen MR) is 161 cm³/mol. The number of allylic oxidation sites excluding steroid dienone is 4. The Balaban J connectivity index is 0.000000425. The molecule has 0 radical (unpaired) electrons. The molecule has 1 aliphatic carbocycles. The second-order valence-electron chi connectivity index (χ2n) is 8.37. The molecule has 214 valence electrons. The van der Waals surface area contributed by atoms with Crippen LogP contribution in [-0.2, 0) is 6.18 Å². The first-order valence-corrected chi connectivity index (χ1v) is 14.0. The van der Waals surface area contributed by atoms with E-state index in [4.69, 9.17) is 0 Å². The van der Waals surface area contributed by atoms with Crippen molar-refractivity contribution in [3.63, 3.8) is 0 Å². The highest BCUT2D eigenvalue weighted by Gasteiger charge is 2.36. The first-order valence-electron chi connectivity index (χ1n) is 13.2. The van der Waals surface area contributed by atoms with Gasteiger partial charge in [-0.25, -0.2) is 0 Å². The van der Waals surface area contributed by atoms with Crippen molar-refractivity contribution >= 4 is 23.1 Å². The zero-order valence-electron chi connectivity index (χ0n) is 23.8. The molecule has 0 fully saturated rings. The molecule has 0 spiro atoms. The Kier molecular flexibility index (Phi) is 15.8. The summed E-state index contributed by atoms with van der Waals surface area (Å²) in [4.78, 5) is 4.12. The number of amidine groups is 1. The van der Waals surface area contributed by atoms with Crippen molar-refractivity contribution in [1.29, 1.82) is 0 Å². The highest BCUT2D eigenvalue weighted by atomic mass is 35.5. The number of benzene rings is 2. The second-order valence-corrected chi connectivity index (χ2v) is 8.37. The summed E-state index contributed by atoms with van der Waals surface area (Å²) in [6.45, 7) is 9.36. The largest absolute Gasteiger partial charge is 0.416 e. The molecule has 1 atom stereocenters. The van der Waals surface area contributed by atoms with E-state index in [1.54, 1.807) is 13.1 Å². The molecule has 0 saturated heterocycles. The van der Waals surface area contributed by atoms with Gasteiger partial charge in [-0.1, -0.05) is 75.4 Å². The van der Waals surface area contributed by atoms with Gasteiger partial charge in [0, 0.05) is 43.0 Å². The fraction of sp³-hybridized carbons (Fsp3) is 0.387. The fourth-order valence-corrected chi connectivity index (χ4v) is 3.89. The number of hydrogen-bond donors (Lipinski definition) is 3. The molecule has 1 unspecified atom stereocenters. The van der Waals surface area contributed by atoms with Crippen molar-refractivity contribution in [2.75, 3.05) is 25.3 Å². The minimum Gasteiger partial charge on any atom is -0.385 e. The van der Waals surface area contributed by atoms with Gasteiger partial charge in [0.25, 0.3) is 0 Å². The number of para-hydroxylation sites is 1. The van der Waals surface area contributed by atoms with Crippen LogP contribution >= 0.6 is 11.6 Å². The van der Waals surface area contributed by atoms with Crippen LogP contribution in [0.15, 0.2) is 89.1 Å². The molecule has 2 aromatic rings. The average Bonchev–Trinajstić information content (AvgIpc) is 2.99. The molecule has 2 aliphatic rings. The maximum absolute atomic E-state index is 13.3. The minimum atomic E-state index is -4.41. The Labute approximate surface area is 237 Å². The molecule has 0 saturated carbocycles. The summed E-state index contributed by atoms with van der Waals surface area (Å²) < 4.78 is 39.9. The Hall–Kier alpha value is -3.19. The minimum absolute atomic E-state index is 0.156. The number of anilines is 1. The topological polar surface area (TPSA) is 48.5 Å². The van der Waals surface area contributed by atoms with Crippen molar-refractivity contribution in [2.45, 2.75) is 59.3 Å². The Morgan fingerprint density at radius 1 is 1.03 bits per heavy atom. The van der Waals surface area contributed by atoms with E-state index >= 15 is 0 Å². The van der Waals surface area contributed by atoms with Crippen molar-refractivity contribution in [1.82, 2.24) is 10.6 Å². The van der Waals surface area contributed by atoms with Crippen LogP contribution in [0.4, 0.5) is 18.9 Å². The van der Waals surface area contributed by atoms with Crippen molar-refractivity contribution in [3.8, 4) is 0 Å². The van der Waals surface area contributed by atoms with E-state index in [0.29, 0.717) is 5.84 Å². The Bertz CT molecular complexity index is 1120. The van der Waals surface area contributed by atoms with E-state index in [0.717, 1.165) is 36.7 Å². The lowest BCUT2D eigenvalue weighted by molar-refractivity contribution is -0.138. The van der Waals surface area contributed by atoms with Crippen LogP contribution in [0.2, 0.25) is 0 Å². The molecule has 1 aliphatic heterocycles. The molecular weight excluding hydrogens is 521 g/mol. The predicted octanol–water partition coefficient (Wildman–Crippen LogP) is 8.78. The van der Waals surface area contributed by atoms with Gasteiger partial charge in [0.1, 0.15) is 12.0 Å².